The summed E-state index contributed by atoms with van der Waals surface area (Å²) in [5, 5.41) is 21.7. The van der Waals surface area contributed by atoms with E-state index in [0.717, 1.165) is 59.3 Å². The van der Waals surface area contributed by atoms with Crippen LogP contribution in [-0.2, 0) is 0 Å². The van der Waals surface area contributed by atoms with Crippen LogP contribution >= 0.6 is 0 Å². The lowest BCUT2D eigenvalue weighted by Crippen LogP contribution is -2.33. The van der Waals surface area contributed by atoms with Crippen molar-refractivity contribution in [2.24, 2.45) is 5.92 Å². The van der Waals surface area contributed by atoms with Gasteiger partial charge in [0.25, 0.3) is 0 Å². The van der Waals surface area contributed by atoms with Gasteiger partial charge < -0.3 is 15.1 Å². The molecule has 0 unspecified atom stereocenters. The fourth-order valence-electron chi connectivity index (χ4n) is 4.50. The van der Waals surface area contributed by atoms with E-state index in [4.69, 9.17) is 0 Å². The molecule has 1 fully saturated rings. The first-order chi connectivity index (χ1) is 12.3. The van der Waals surface area contributed by atoms with Gasteiger partial charge in [-0.15, -0.1) is 0 Å². The molecule has 0 bridgehead atoms. The van der Waals surface area contributed by atoms with Gasteiger partial charge in [0.05, 0.1) is 0 Å². The summed E-state index contributed by atoms with van der Waals surface area (Å²) in [6.07, 6.45) is 2.14. The summed E-state index contributed by atoms with van der Waals surface area (Å²) in [5.74, 6) is 1.17. The number of phenols is 2. The van der Waals surface area contributed by atoms with Gasteiger partial charge in [-0.2, -0.15) is 0 Å². The zero-order valence-electron chi connectivity index (χ0n) is 16.6. The average molecular weight is 354 g/mol. The molecule has 0 atom stereocenters. The lowest BCUT2D eigenvalue weighted by Gasteiger charge is -2.36. The van der Waals surface area contributed by atoms with Crippen molar-refractivity contribution >= 4 is 0 Å². The maximum Gasteiger partial charge on any atom is 0.122 e. The van der Waals surface area contributed by atoms with Crippen molar-refractivity contribution in [3.05, 3.63) is 57.6 Å². The number of aryl methyl sites for hydroxylation is 4. The largest absolute Gasteiger partial charge is 0.507 e. The zero-order valence-corrected chi connectivity index (χ0v) is 16.6. The SMILES string of the molecule is Cc1cc(C)c(O)c(C(c2cc(C)cc(C)c2O)C2CCN(C)CC2)c1. The van der Waals surface area contributed by atoms with Gasteiger partial charge in [-0.3, -0.25) is 0 Å². The summed E-state index contributed by atoms with van der Waals surface area (Å²) in [4.78, 5) is 2.36. The first kappa shape index (κ1) is 18.8. The lowest BCUT2D eigenvalue weighted by molar-refractivity contribution is 0.205. The molecule has 26 heavy (non-hydrogen) atoms. The van der Waals surface area contributed by atoms with Crippen LogP contribution in [0.4, 0.5) is 0 Å². The fourth-order valence-corrected chi connectivity index (χ4v) is 4.50. The summed E-state index contributed by atoms with van der Waals surface area (Å²) in [5.41, 5.74) is 6.02. The Kier molecular flexibility index (Phi) is 5.29. The Bertz CT molecular complexity index is 747. The van der Waals surface area contributed by atoms with Crippen molar-refractivity contribution in [1.29, 1.82) is 0 Å². The van der Waals surface area contributed by atoms with E-state index in [2.05, 4.69) is 37.9 Å². The normalized spacial score (nSPS) is 16.4. The van der Waals surface area contributed by atoms with E-state index >= 15 is 0 Å². The third kappa shape index (κ3) is 3.59. The zero-order chi connectivity index (χ0) is 19.0. The molecule has 1 aliphatic heterocycles. The fraction of sp³-hybridized carbons (Fsp3) is 0.478. The Balaban J connectivity index is 2.18. The maximum atomic E-state index is 10.9. The summed E-state index contributed by atoms with van der Waals surface area (Å²) in [6.45, 7) is 10.2. The van der Waals surface area contributed by atoms with Crippen LogP contribution in [0.3, 0.4) is 0 Å². The molecule has 0 spiro atoms. The molecule has 1 saturated heterocycles. The van der Waals surface area contributed by atoms with Gasteiger partial charge in [0.1, 0.15) is 11.5 Å². The Labute approximate surface area is 157 Å². The molecule has 3 nitrogen and oxygen atoms in total. The number of hydrogen-bond donors (Lipinski definition) is 2. The molecule has 140 valence electrons. The number of hydrogen-bond acceptors (Lipinski definition) is 3. The van der Waals surface area contributed by atoms with Gasteiger partial charge in [0.15, 0.2) is 0 Å². The van der Waals surface area contributed by atoms with E-state index in [9.17, 15) is 10.2 Å². The van der Waals surface area contributed by atoms with Crippen LogP contribution in [0.15, 0.2) is 24.3 Å². The van der Waals surface area contributed by atoms with Crippen molar-refractivity contribution < 1.29 is 10.2 Å². The van der Waals surface area contributed by atoms with Crippen LogP contribution in [0.25, 0.3) is 0 Å². The Hall–Kier alpha value is -2.00. The molecule has 1 aliphatic rings. The highest BCUT2D eigenvalue weighted by Crippen LogP contribution is 2.46. The second kappa shape index (κ2) is 7.32. The Morgan fingerprint density at radius 3 is 1.65 bits per heavy atom. The summed E-state index contributed by atoms with van der Waals surface area (Å²) >= 11 is 0. The van der Waals surface area contributed by atoms with Crippen molar-refractivity contribution in [3.8, 4) is 11.5 Å². The number of benzene rings is 2. The van der Waals surface area contributed by atoms with Crippen LogP contribution in [0.2, 0.25) is 0 Å². The minimum Gasteiger partial charge on any atom is -0.507 e. The summed E-state index contributed by atoms with van der Waals surface area (Å²) in [6, 6.07) is 8.24. The van der Waals surface area contributed by atoms with Gasteiger partial charge in [-0.1, -0.05) is 35.4 Å². The molecule has 2 N–H and O–H groups in total. The van der Waals surface area contributed by atoms with E-state index in [1.54, 1.807) is 0 Å². The number of nitrogens with zero attached hydrogens (tertiary/aromatic N) is 1. The highest BCUT2D eigenvalue weighted by atomic mass is 16.3. The Morgan fingerprint density at radius 1 is 0.808 bits per heavy atom. The number of likely N-dealkylation sites (tertiary alicyclic amines) is 1. The number of aromatic hydroxyl groups is 2. The number of phenolic OH excluding ortho intramolecular Hbond substituents is 2. The standard InChI is InChI=1S/C23H31NO2/c1-14-10-16(3)22(25)19(12-14)21(18-6-8-24(5)9-7-18)20-13-15(2)11-17(4)23(20)26/h10-13,18,21,25-26H,6-9H2,1-5H3. The quantitative estimate of drug-likeness (QED) is 0.832. The van der Waals surface area contributed by atoms with Gasteiger partial charge >= 0.3 is 0 Å². The molecule has 2 aromatic carbocycles. The molecule has 0 amide bonds. The minimum absolute atomic E-state index is 0.0147. The molecule has 2 aromatic rings. The van der Waals surface area contributed by atoms with Crippen LogP contribution in [0.1, 0.15) is 52.1 Å². The van der Waals surface area contributed by atoms with Crippen molar-refractivity contribution in [2.75, 3.05) is 20.1 Å². The summed E-state index contributed by atoms with van der Waals surface area (Å²) < 4.78 is 0. The molecule has 0 aromatic heterocycles. The second-order valence-electron chi connectivity index (χ2n) is 8.16. The van der Waals surface area contributed by atoms with Gasteiger partial charge in [-0.25, -0.2) is 0 Å². The highest BCUT2D eigenvalue weighted by Gasteiger charge is 2.32. The van der Waals surface area contributed by atoms with Crippen LogP contribution in [0.5, 0.6) is 11.5 Å². The third-order valence-electron chi connectivity index (χ3n) is 5.85. The van der Waals surface area contributed by atoms with Crippen LogP contribution in [0, 0.1) is 33.6 Å². The van der Waals surface area contributed by atoms with Gasteiger partial charge in [0.2, 0.25) is 0 Å². The van der Waals surface area contributed by atoms with Crippen molar-refractivity contribution in [3.63, 3.8) is 0 Å². The first-order valence-electron chi connectivity index (χ1n) is 9.56. The smallest absolute Gasteiger partial charge is 0.122 e. The lowest BCUT2D eigenvalue weighted by atomic mass is 9.74. The van der Waals surface area contributed by atoms with Crippen molar-refractivity contribution in [2.45, 2.75) is 46.5 Å². The van der Waals surface area contributed by atoms with E-state index in [0.29, 0.717) is 17.4 Å². The molecule has 3 rings (SSSR count). The van der Waals surface area contributed by atoms with Crippen LogP contribution in [-0.4, -0.2) is 35.3 Å². The van der Waals surface area contributed by atoms with Gasteiger partial charge in [-0.05, 0) is 77.7 Å². The number of rotatable bonds is 3. The summed E-state index contributed by atoms with van der Waals surface area (Å²) in [7, 11) is 2.16. The molecule has 0 saturated carbocycles. The maximum absolute atomic E-state index is 10.9. The molecule has 0 radical (unpaired) electrons. The Morgan fingerprint density at radius 2 is 1.23 bits per heavy atom. The number of piperidine rings is 1. The van der Waals surface area contributed by atoms with E-state index in [-0.39, 0.29) is 5.92 Å². The van der Waals surface area contributed by atoms with Crippen LogP contribution < -0.4 is 0 Å². The van der Waals surface area contributed by atoms with E-state index < -0.39 is 0 Å². The monoisotopic (exact) mass is 353 g/mol. The van der Waals surface area contributed by atoms with E-state index in [1.807, 2.05) is 26.0 Å². The average Bonchev–Trinajstić information content (AvgIpc) is 2.58. The molecule has 1 heterocycles. The topological polar surface area (TPSA) is 43.7 Å². The molecule has 3 heteroatoms. The van der Waals surface area contributed by atoms with E-state index in [1.165, 1.54) is 0 Å². The predicted octanol–water partition coefficient (Wildman–Crippen LogP) is 4.81. The third-order valence-corrected chi connectivity index (χ3v) is 5.85. The first-order valence-corrected chi connectivity index (χ1v) is 9.56. The minimum atomic E-state index is 0.0147. The molecular weight excluding hydrogens is 322 g/mol. The predicted molar refractivity (Wildman–Crippen MR) is 107 cm³/mol. The second-order valence-corrected chi connectivity index (χ2v) is 8.16. The van der Waals surface area contributed by atoms with Gasteiger partial charge in [0, 0.05) is 17.0 Å². The molecular formula is C23H31NO2. The highest BCUT2D eigenvalue weighted by molar-refractivity contribution is 5.53. The van der Waals surface area contributed by atoms with Crippen molar-refractivity contribution in [1.82, 2.24) is 4.90 Å². The molecule has 0 aliphatic carbocycles.